The summed E-state index contributed by atoms with van der Waals surface area (Å²) < 4.78 is 18.6. The minimum Gasteiger partial charge on any atom is -0.481 e. The summed E-state index contributed by atoms with van der Waals surface area (Å²) >= 11 is 0. The zero-order valence-corrected chi connectivity index (χ0v) is 10.5. The molecule has 0 atom stereocenters. The number of methoxy groups -OCH3 is 1. The van der Waals surface area contributed by atoms with Crippen LogP contribution >= 0.6 is 0 Å². The van der Waals surface area contributed by atoms with Crippen LogP contribution in [0.3, 0.4) is 0 Å². The Kier molecular flexibility index (Phi) is 3.68. The number of rotatable bonds is 3. The second kappa shape index (κ2) is 5.42. The van der Waals surface area contributed by atoms with Gasteiger partial charge in [-0.25, -0.2) is 14.2 Å². The summed E-state index contributed by atoms with van der Waals surface area (Å²) in [6.07, 6.45) is 3.02. The highest BCUT2D eigenvalue weighted by molar-refractivity contribution is 5.79. The maximum atomic E-state index is 13.5. The van der Waals surface area contributed by atoms with Crippen LogP contribution in [-0.4, -0.2) is 18.2 Å². The number of hydrogen-bond acceptors (Lipinski definition) is 4. The molecule has 0 radical (unpaired) electrons. The number of benzene rings is 1. The Bertz CT molecular complexity index is 664. The monoisotopic (exact) mass is 258 g/mol. The first-order chi connectivity index (χ1) is 9.17. The Balaban J connectivity index is 2.67. The summed E-state index contributed by atoms with van der Waals surface area (Å²) in [5.41, 5.74) is 1.94. The van der Waals surface area contributed by atoms with E-state index in [9.17, 15) is 9.18 Å². The Morgan fingerprint density at radius 2 is 2.16 bits per heavy atom. The molecule has 19 heavy (non-hydrogen) atoms. The van der Waals surface area contributed by atoms with E-state index < -0.39 is 5.82 Å². The fraction of sp³-hybridized carbons (Fsp3) is 0.143. The van der Waals surface area contributed by atoms with E-state index in [0.29, 0.717) is 17.0 Å². The number of aromatic nitrogens is 1. The van der Waals surface area contributed by atoms with Crippen molar-refractivity contribution in [2.45, 2.75) is 6.92 Å². The SMILES string of the molecule is COc1cc(-c2ccc(F)c(C)c2N=C=O)ccn1. The first-order valence-corrected chi connectivity index (χ1v) is 5.54. The van der Waals surface area contributed by atoms with E-state index >= 15 is 0 Å². The largest absolute Gasteiger partial charge is 0.481 e. The molecule has 1 aromatic carbocycles. The number of isocyanates is 1. The van der Waals surface area contributed by atoms with Crippen LogP contribution in [0.5, 0.6) is 5.88 Å². The van der Waals surface area contributed by atoms with Gasteiger partial charge in [0, 0.05) is 23.4 Å². The molecular formula is C14H11FN2O2. The van der Waals surface area contributed by atoms with Crippen LogP contribution in [0.2, 0.25) is 0 Å². The van der Waals surface area contributed by atoms with Crippen LogP contribution in [0.25, 0.3) is 11.1 Å². The van der Waals surface area contributed by atoms with Gasteiger partial charge in [-0.3, -0.25) is 0 Å². The normalized spacial score (nSPS) is 9.84. The molecule has 0 saturated heterocycles. The van der Waals surface area contributed by atoms with Crippen LogP contribution in [0.4, 0.5) is 10.1 Å². The van der Waals surface area contributed by atoms with E-state index in [-0.39, 0.29) is 5.69 Å². The fourth-order valence-electron chi connectivity index (χ4n) is 1.79. The highest BCUT2D eigenvalue weighted by atomic mass is 19.1. The molecule has 0 amide bonds. The minimum atomic E-state index is -0.418. The maximum absolute atomic E-state index is 13.5. The van der Waals surface area contributed by atoms with Crippen molar-refractivity contribution in [3.63, 3.8) is 0 Å². The molecule has 1 aromatic heterocycles. The Hall–Kier alpha value is -2.52. The molecule has 4 nitrogen and oxygen atoms in total. The number of halogens is 1. The summed E-state index contributed by atoms with van der Waals surface area (Å²) in [4.78, 5) is 18.1. The molecule has 0 bridgehead atoms. The Labute approximate surface area is 109 Å². The molecule has 2 aromatic rings. The van der Waals surface area contributed by atoms with Crippen molar-refractivity contribution in [2.24, 2.45) is 4.99 Å². The molecule has 2 rings (SSSR count). The average Bonchev–Trinajstić information content (AvgIpc) is 2.44. The summed E-state index contributed by atoms with van der Waals surface area (Å²) in [5.74, 6) is 0.0132. The molecule has 0 aliphatic heterocycles. The van der Waals surface area contributed by atoms with Gasteiger partial charge < -0.3 is 4.74 Å². The van der Waals surface area contributed by atoms with Gasteiger partial charge in [0.1, 0.15) is 5.82 Å². The summed E-state index contributed by atoms with van der Waals surface area (Å²) in [7, 11) is 1.51. The zero-order valence-electron chi connectivity index (χ0n) is 10.5. The van der Waals surface area contributed by atoms with E-state index in [1.54, 1.807) is 31.3 Å². The van der Waals surface area contributed by atoms with Gasteiger partial charge in [0.05, 0.1) is 12.8 Å². The lowest BCUT2D eigenvalue weighted by atomic mass is 10.0. The molecular weight excluding hydrogens is 247 g/mol. The van der Waals surface area contributed by atoms with E-state index in [2.05, 4.69) is 9.98 Å². The van der Waals surface area contributed by atoms with Crippen molar-refractivity contribution in [1.29, 1.82) is 0 Å². The molecule has 0 spiro atoms. The van der Waals surface area contributed by atoms with E-state index in [4.69, 9.17) is 4.74 Å². The predicted octanol–water partition coefficient (Wildman–Crippen LogP) is 3.17. The molecule has 5 heteroatoms. The number of aliphatic imine (C=N–C) groups is 1. The first-order valence-electron chi connectivity index (χ1n) is 5.54. The molecule has 0 aliphatic rings. The van der Waals surface area contributed by atoms with Gasteiger partial charge in [0.2, 0.25) is 12.0 Å². The third-order valence-electron chi connectivity index (χ3n) is 2.78. The van der Waals surface area contributed by atoms with E-state index in [0.717, 1.165) is 5.56 Å². The number of pyridine rings is 1. The topological polar surface area (TPSA) is 51.5 Å². The number of hydrogen-bond donors (Lipinski definition) is 0. The van der Waals surface area contributed by atoms with Crippen LogP contribution < -0.4 is 4.74 Å². The van der Waals surface area contributed by atoms with Gasteiger partial charge in [0.15, 0.2) is 0 Å². The second-order valence-corrected chi connectivity index (χ2v) is 3.86. The summed E-state index contributed by atoms with van der Waals surface area (Å²) in [6, 6.07) is 6.32. The van der Waals surface area contributed by atoms with Crippen LogP contribution in [0, 0.1) is 12.7 Å². The van der Waals surface area contributed by atoms with Crippen molar-refractivity contribution in [2.75, 3.05) is 7.11 Å². The van der Waals surface area contributed by atoms with Crippen molar-refractivity contribution in [3.05, 3.63) is 41.8 Å². The fourth-order valence-corrected chi connectivity index (χ4v) is 1.79. The number of nitrogens with zero attached hydrogens (tertiary/aromatic N) is 2. The summed E-state index contributed by atoms with van der Waals surface area (Å²) in [5, 5.41) is 0. The van der Waals surface area contributed by atoms with Crippen molar-refractivity contribution >= 4 is 11.8 Å². The molecule has 96 valence electrons. The van der Waals surface area contributed by atoms with E-state index in [1.807, 2.05) is 0 Å². The molecule has 0 saturated carbocycles. The van der Waals surface area contributed by atoms with Gasteiger partial charge in [-0.15, -0.1) is 0 Å². The van der Waals surface area contributed by atoms with Crippen molar-refractivity contribution in [3.8, 4) is 17.0 Å². The van der Waals surface area contributed by atoms with Gasteiger partial charge in [-0.2, -0.15) is 4.99 Å². The Morgan fingerprint density at radius 1 is 1.37 bits per heavy atom. The molecule has 0 aliphatic carbocycles. The standard InChI is InChI=1S/C14H11FN2O2/c1-9-12(15)4-3-11(14(9)17-8-18)10-5-6-16-13(7-10)19-2/h3-7H,1-2H3. The van der Waals surface area contributed by atoms with Crippen LogP contribution in [0.1, 0.15) is 5.56 Å². The van der Waals surface area contributed by atoms with Gasteiger partial charge in [0.25, 0.3) is 0 Å². The second-order valence-electron chi connectivity index (χ2n) is 3.86. The van der Waals surface area contributed by atoms with Crippen LogP contribution in [0.15, 0.2) is 35.5 Å². The highest BCUT2D eigenvalue weighted by Gasteiger charge is 2.12. The number of ether oxygens (including phenoxy) is 1. The lowest BCUT2D eigenvalue weighted by Crippen LogP contribution is -1.90. The number of carbonyl (C=O) groups excluding carboxylic acids is 1. The summed E-state index contributed by atoms with van der Waals surface area (Å²) in [6.45, 7) is 1.56. The van der Waals surface area contributed by atoms with Gasteiger partial charge in [-0.1, -0.05) is 0 Å². The smallest absolute Gasteiger partial charge is 0.240 e. The third kappa shape index (κ3) is 2.51. The van der Waals surface area contributed by atoms with E-state index in [1.165, 1.54) is 19.3 Å². The first kappa shape index (κ1) is 12.9. The molecule has 1 heterocycles. The lowest BCUT2D eigenvalue weighted by Gasteiger charge is -2.09. The molecule has 0 fully saturated rings. The maximum Gasteiger partial charge on any atom is 0.240 e. The van der Waals surface area contributed by atoms with Crippen molar-refractivity contribution in [1.82, 2.24) is 4.98 Å². The lowest BCUT2D eigenvalue weighted by molar-refractivity contribution is 0.398. The third-order valence-corrected chi connectivity index (χ3v) is 2.78. The Morgan fingerprint density at radius 3 is 2.84 bits per heavy atom. The van der Waals surface area contributed by atoms with Crippen LogP contribution in [-0.2, 0) is 4.79 Å². The van der Waals surface area contributed by atoms with Gasteiger partial charge >= 0.3 is 0 Å². The highest BCUT2D eigenvalue weighted by Crippen LogP contribution is 2.35. The average molecular weight is 258 g/mol. The molecule has 0 N–H and O–H groups in total. The minimum absolute atomic E-state index is 0.267. The zero-order chi connectivity index (χ0) is 13.8. The quantitative estimate of drug-likeness (QED) is 0.627. The molecule has 0 unspecified atom stereocenters. The van der Waals surface area contributed by atoms with Gasteiger partial charge in [-0.05, 0) is 30.7 Å². The van der Waals surface area contributed by atoms with Crippen molar-refractivity contribution < 1.29 is 13.9 Å². The predicted molar refractivity (Wildman–Crippen MR) is 68.7 cm³/mol.